The number of hydrogen-bond donors (Lipinski definition) is 0. The summed E-state index contributed by atoms with van der Waals surface area (Å²) in [6.07, 6.45) is 5.02. The zero-order valence-electron chi connectivity index (χ0n) is 7.48. The number of allylic oxidation sites excluding steroid dienone is 2. The molecule has 1 aliphatic rings. The van der Waals surface area contributed by atoms with Crippen LogP contribution in [0, 0.1) is 17.8 Å². The van der Waals surface area contributed by atoms with Crippen LogP contribution in [-0.2, 0) is 4.79 Å². The Kier molecular flexibility index (Phi) is 1.70. The highest BCUT2D eigenvalue weighted by molar-refractivity contribution is 5.89. The van der Waals surface area contributed by atoms with Crippen LogP contribution in [0.2, 0.25) is 0 Å². The fraction of sp³-hybridized carbons (Fsp3) is 0.600. The summed E-state index contributed by atoms with van der Waals surface area (Å²) in [6.45, 7) is 9.66. The normalized spacial score (nSPS) is 34.2. The molecule has 1 rings (SSSR count). The van der Waals surface area contributed by atoms with E-state index in [2.05, 4.69) is 32.9 Å². The molecule has 0 aromatic heterocycles. The molecule has 0 saturated heterocycles. The Balaban J connectivity index is 2.99. The van der Waals surface area contributed by atoms with E-state index in [0.29, 0.717) is 0 Å². The number of ketones is 1. The van der Waals surface area contributed by atoms with Gasteiger partial charge in [-0.3, -0.25) is 4.79 Å². The van der Waals surface area contributed by atoms with Gasteiger partial charge >= 0.3 is 0 Å². The first-order chi connectivity index (χ1) is 4.90. The first kappa shape index (κ1) is 8.51. The van der Waals surface area contributed by atoms with Gasteiger partial charge in [-0.2, -0.15) is 0 Å². The van der Waals surface area contributed by atoms with E-state index in [1.165, 1.54) is 0 Å². The van der Waals surface area contributed by atoms with E-state index in [4.69, 9.17) is 0 Å². The van der Waals surface area contributed by atoms with Crippen LogP contribution >= 0.6 is 0 Å². The van der Waals surface area contributed by atoms with Gasteiger partial charge in [0.25, 0.3) is 0 Å². The highest BCUT2D eigenvalue weighted by Crippen LogP contribution is 2.48. The van der Waals surface area contributed by atoms with Crippen LogP contribution in [0.5, 0.6) is 0 Å². The smallest absolute Gasteiger partial charge is 0.140 e. The lowest BCUT2D eigenvalue weighted by atomic mass is 9.67. The van der Waals surface area contributed by atoms with Gasteiger partial charge in [0.1, 0.15) is 5.78 Å². The first-order valence-corrected chi connectivity index (χ1v) is 3.94. The lowest BCUT2D eigenvalue weighted by Gasteiger charge is -2.35. The number of Topliss-reactive ketones (excluding diaryl/α,β-unsaturated/α-hetero) is 1. The van der Waals surface area contributed by atoms with Crippen molar-refractivity contribution in [3.8, 4) is 0 Å². The molecule has 0 fully saturated rings. The average Bonchev–Trinajstić information content (AvgIpc) is 2.09. The molecular weight excluding hydrogens is 136 g/mol. The van der Waals surface area contributed by atoms with Crippen LogP contribution in [0.25, 0.3) is 0 Å². The van der Waals surface area contributed by atoms with E-state index in [0.717, 1.165) is 6.42 Å². The monoisotopic (exact) mass is 151 g/mol. The molecule has 11 heavy (non-hydrogen) atoms. The van der Waals surface area contributed by atoms with Crippen molar-refractivity contribution in [2.75, 3.05) is 0 Å². The van der Waals surface area contributed by atoms with E-state index in [9.17, 15) is 4.79 Å². The summed E-state index contributed by atoms with van der Waals surface area (Å²) in [4.78, 5) is 11.2. The van der Waals surface area contributed by atoms with Crippen LogP contribution in [0.1, 0.15) is 27.2 Å². The molecule has 0 bridgehead atoms. The Morgan fingerprint density at radius 3 is 2.18 bits per heavy atom. The van der Waals surface area contributed by atoms with Gasteiger partial charge in [0.15, 0.2) is 0 Å². The quantitative estimate of drug-likeness (QED) is 0.526. The van der Waals surface area contributed by atoms with Crippen molar-refractivity contribution in [3.05, 3.63) is 19.1 Å². The van der Waals surface area contributed by atoms with Crippen LogP contribution in [-0.4, -0.2) is 5.78 Å². The third-order valence-corrected chi connectivity index (χ3v) is 3.10. The molecule has 1 aliphatic carbocycles. The van der Waals surface area contributed by atoms with Crippen LogP contribution in [0.4, 0.5) is 0 Å². The third-order valence-electron chi connectivity index (χ3n) is 3.10. The maximum absolute atomic E-state index is 11.2. The van der Waals surface area contributed by atoms with Crippen molar-refractivity contribution in [1.29, 1.82) is 0 Å². The van der Waals surface area contributed by atoms with Crippen molar-refractivity contribution in [3.63, 3.8) is 0 Å². The van der Waals surface area contributed by atoms with Crippen molar-refractivity contribution in [2.45, 2.75) is 27.2 Å². The van der Waals surface area contributed by atoms with E-state index in [1.807, 2.05) is 6.92 Å². The highest BCUT2D eigenvalue weighted by atomic mass is 16.1. The van der Waals surface area contributed by atoms with Gasteiger partial charge in [0.2, 0.25) is 0 Å². The van der Waals surface area contributed by atoms with E-state index in [-0.39, 0.29) is 16.6 Å². The Morgan fingerprint density at radius 2 is 2.00 bits per heavy atom. The molecule has 0 amide bonds. The molecule has 0 aliphatic heterocycles. The Bertz CT molecular complexity index is 213. The summed E-state index contributed by atoms with van der Waals surface area (Å²) >= 11 is 0. The molecule has 61 valence electrons. The molecule has 1 radical (unpaired) electrons. The zero-order valence-corrected chi connectivity index (χ0v) is 7.48. The van der Waals surface area contributed by atoms with Gasteiger partial charge in [-0.05, 0) is 11.8 Å². The van der Waals surface area contributed by atoms with Gasteiger partial charge in [-0.25, -0.2) is 0 Å². The number of hydrogen-bond acceptors (Lipinski definition) is 1. The molecule has 1 atom stereocenters. The molecule has 0 aromatic rings. The minimum Gasteiger partial charge on any atom is -0.299 e. The topological polar surface area (TPSA) is 17.1 Å². The van der Waals surface area contributed by atoms with Crippen LogP contribution in [0.3, 0.4) is 0 Å². The van der Waals surface area contributed by atoms with E-state index in [1.54, 1.807) is 0 Å². The SMILES string of the molecule is [CH2]C(=O)[C@@]1(C)CC=CC1(C)C. The standard InChI is InChI=1S/C10H15O/c1-8(11)10(4)7-5-6-9(10,2)3/h5-6H,1,7H2,2-4H3/t10-/m1/s1. The van der Waals surface area contributed by atoms with Gasteiger partial charge < -0.3 is 0 Å². The fourth-order valence-electron chi connectivity index (χ4n) is 1.51. The number of carbonyl (C=O) groups excluding carboxylic acids is 1. The lowest BCUT2D eigenvalue weighted by molar-refractivity contribution is -0.126. The van der Waals surface area contributed by atoms with Crippen LogP contribution in [0.15, 0.2) is 12.2 Å². The summed E-state index contributed by atoms with van der Waals surface area (Å²) < 4.78 is 0. The second kappa shape index (κ2) is 2.20. The van der Waals surface area contributed by atoms with Crippen LogP contribution < -0.4 is 0 Å². The Morgan fingerprint density at radius 1 is 1.45 bits per heavy atom. The molecule has 0 spiro atoms. The van der Waals surface area contributed by atoms with Crippen molar-refractivity contribution >= 4 is 5.78 Å². The van der Waals surface area contributed by atoms with E-state index >= 15 is 0 Å². The molecule has 1 heteroatoms. The maximum atomic E-state index is 11.2. The molecule has 0 heterocycles. The maximum Gasteiger partial charge on any atom is 0.140 e. The summed E-state index contributed by atoms with van der Waals surface area (Å²) in [5.74, 6) is 0.0486. The summed E-state index contributed by atoms with van der Waals surface area (Å²) in [6, 6.07) is 0. The predicted molar refractivity (Wildman–Crippen MR) is 46.0 cm³/mol. The molecule has 0 N–H and O–H groups in total. The number of rotatable bonds is 1. The van der Waals surface area contributed by atoms with E-state index < -0.39 is 0 Å². The molecule has 1 nitrogen and oxygen atoms in total. The first-order valence-electron chi connectivity index (χ1n) is 3.94. The Hall–Kier alpha value is -0.590. The lowest BCUT2D eigenvalue weighted by Crippen LogP contribution is -2.36. The predicted octanol–water partition coefficient (Wildman–Crippen LogP) is 2.38. The minimum atomic E-state index is -0.271. The number of carbonyl (C=O) groups is 1. The summed E-state index contributed by atoms with van der Waals surface area (Å²) in [7, 11) is 0. The third kappa shape index (κ3) is 1.03. The average molecular weight is 151 g/mol. The largest absolute Gasteiger partial charge is 0.299 e. The zero-order chi connectivity index (χ0) is 8.70. The minimum absolute atomic E-state index is 0.0220. The highest BCUT2D eigenvalue weighted by Gasteiger charge is 2.45. The van der Waals surface area contributed by atoms with Gasteiger partial charge in [-0.15, -0.1) is 0 Å². The molecule has 0 unspecified atom stereocenters. The van der Waals surface area contributed by atoms with Gasteiger partial charge in [0.05, 0.1) is 0 Å². The van der Waals surface area contributed by atoms with Gasteiger partial charge in [0, 0.05) is 12.3 Å². The van der Waals surface area contributed by atoms with Gasteiger partial charge in [-0.1, -0.05) is 32.9 Å². The van der Waals surface area contributed by atoms with Crippen molar-refractivity contribution < 1.29 is 4.79 Å². The second-order valence-electron chi connectivity index (χ2n) is 4.08. The Labute approximate surface area is 68.5 Å². The molecular formula is C10H15O. The van der Waals surface area contributed by atoms with Crippen molar-refractivity contribution in [1.82, 2.24) is 0 Å². The molecule has 0 saturated carbocycles. The van der Waals surface area contributed by atoms with Crippen molar-refractivity contribution in [2.24, 2.45) is 10.8 Å². The second-order valence-corrected chi connectivity index (χ2v) is 4.08. The summed E-state index contributed by atoms with van der Waals surface area (Å²) in [5, 5.41) is 0. The molecule has 0 aromatic carbocycles. The summed E-state index contributed by atoms with van der Waals surface area (Å²) in [5.41, 5.74) is -0.293. The fourth-order valence-corrected chi connectivity index (χ4v) is 1.51.